The third-order valence-electron chi connectivity index (χ3n) is 1.86. The van der Waals surface area contributed by atoms with Crippen LogP contribution in [-0.4, -0.2) is 22.3 Å². The summed E-state index contributed by atoms with van der Waals surface area (Å²) >= 11 is 0. The summed E-state index contributed by atoms with van der Waals surface area (Å²) in [5, 5.41) is 8.34. The van der Waals surface area contributed by atoms with Crippen molar-refractivity contribution >= 4 is 8.56 Å². The van der Waals surface area contributed by atoms with Crippen LogP contribution in [-0.2, 0) is 8.85 Å². The van der Waals surface area contributed by atoms with Crippen LogP contribution in [0, 0.1) is 11.3 Å². The lowest BCUT2D eigenvalue weighted by molar-refractivity contribution is 0.227. The van der Waals surface area contributed by atoms with Gasteiger partial charge in [-0.15, -0.1) is 0 Å². The summed E-state index contributed by atoms with van der Waals surface area (Å²) in [6, 6.07) is 2.94. The highest BCUT2D eigenvalue weighted by atomic mass is 28.4. The van der Waals surface area contributed by atoms with Crippen LogP contribution in [0.3, 0.4) is 0 Å². The first-order chi connectivity index (χ1) is 5.68. The van der Waals surface area contributed by atoms with E-state index in [-0.39, 0.29) is 6.61 Å². The standard InChI is InChI=1S/C8H17NO2Si/c1-4-5-8-12(3,10-2)11-7-6-9/h4-5,7-8H2,1-3H3. The van der Waals surface area contributed by atoms with E-state index < -0.39 is 8.56 Å². The molecule has 0 aromatic heterocycles. The summed E-state index contributed by atoms with van der Waals surface area (Å²) in [4.78, 5) is 0. The van der Waals surface area contributed by atoms with Gasteiger partial charge in [0, 0.05) is 7.11 Å². The molecule has 1 atom stereocenters. The summed E-state index contributed by atoms with van der Waals surface area (Å²) in [6.07, 6.45) is 2.25. The molecule has 0 amide bonds. The normalized spacial score (nSPS) is 15.2. The Labute approximate surface area is 75.5 Å². The second-order valence-corrected chi connectivity index (χ2v) is 6.35. The van der Waals surface area contributed by atoms with Gasteiger partial charge in [-0.25, -0.2) is 0 Å². The Balaban J connectivity index is 3.79. The monoisotopic (exact) mass is 187 g/mol. The zero-order chi connectivity index (χ0) is 9.45. The summed E-state index contributed by atoms with van der Waals surface area (Å²) in [5.74, 6) is 0. The van der Waals surface area contributed by atoms with Crippen LogP contribution in [0.15, 0.2) is 0 Å². The van der Waals surface area contributed by atoms with Gasteiger partial charge >= 0.3 is 8.56 Å². The van der Waals surface area contributed by atoms with E-state index in [0.717, 1.165) is 18.9 Å². The molecule has 0 heterocycles. The SMILES string of the molecule is CCCC[Si](C)(OC)OCC#N. The van der Waals surface area contributed by atoms with Gasteiger partial charge in [-0.05, 0) is 12.6 Å². The zero-order valence-corrected chi connectivity index (χ0v) is 9.09. The first-order valence-electron chi connectivity index (χ1n) is 4.24. The molecule has 0 aliphatic carbocycles. The summed E-state index contributed by atoms with van der Waals surface area (Å²) in [5.41, 5.74) is 0. The molecule has 3 nitrogen and oxygen atoms in total. The quantitative estimate of drug-likeness (QED) is 0.598. The molecule has 4 heteroatoms. The lowest BCUT2D eigenvalue weighted by Crippen LogP contribution is -2.37. The van der Waals surface area contributed by atoms with E-state index >= 15 is 0 Å². The van der Waals surface area contributed by atoms with Crippen molar-refractivity contribution in [1.29, 1.82) is 5.26 Å². The second kappa shape index (κ2) is 6.18. The minimum absolute atomic E-state index is 0.153. The highest BCUT2D eigenvalue weighted by Crippen LogP contribution is 2.15. The third kappa shape index (κ3) is 4.49. The maximum Gasteiger partial charge on any atom is 0.335 e. The van der Waals surface area contributed by atoms with Crippen molar-refractivity contribution in [2.45, 2.75) is 32.4 Å². The van der Waals surface area contributed by atoms with Gasteiger partial charge in [0.15, 0.2) is 0 Å². The Bertz CT molecular complexity index is 158. The topological polar surface area (TPSA) is 42.2 Å². The molecule has 0 fully saturated rings. The Hall–Kier alpha value is -0.373. The van der Waals surface area contributed by atoms with Gasteiger partial charge in [-0.2, -0.15) is 5.26 Å². The van der Waals surface area contributed by atoms with Crippen LogP contribution in [0.25, 0.3) is 0 Å². The van der Waals surface area contributed by atoms with Gasteiger partial charge in [0.1, 0.15) is 6.61 Å². The molecule has 0 rings (SSSR count). The average molecular weight is 187 g/mol. The van der Waals surface area contributed by atoms with E-state index in [1.54, 1.807) is 7.11 Å². The van der Waals surface area contributed by atoms with E-state index in [1.165, 1.54) is 0 Å². The predicted molar refractivity (Wildman–Crippen MR) is 49.9 cm³/mol. The largest absolute Gasteiger partial charge is 0.398 e. The number of hydrogen-bond donors (Lipinski definition) is 0. The molecule has 0 saturated heterocycles. The van der Waals surface area contributed by atoms with Gasteiger partial charge < -0.3 is 8.85 Å². The average Bonchev–Trinajstić information content (AvgIpc) is 2.11. The number of unbranched alkanes of at least 4 members (excludes halogenated alkanes) is 1. The van der Waals surface area contributed by atoms with Gasteiger partial charge in [-0.1, -0.05) is 19.8 Å². The fourth-order valence-corrected chi connectivity index (χ4v) is 2.75. The predicted octanol–water partition coefficient (Wildman–Crippen LogP) is 2.05. The first-order valence-corrected chi connectivity index (χ1v) is 6.77. The van der Waals surface area contributed by atoms with Crippen molar-refractivity contribution in [2.75, 3.05) is 13.7 Å². The van der Waals surface area contributed by atoms with Gasteiger partial charge in [-0.3, -0.25) is 0 Å². The molecule has 12 heavy (non-hydrogen) atoms. The minimum Gasteiger partial charge on any atom is -0.398 e. The van der Waals surface area contributed by atoms with E-state index in [4.69, 9.17) is 14.1 Å². The molecule has 0 bridgehead atoms. The van der Waals surface area contributed by atoms with Crippen LogP contribution in [0.5, 0.6) is 0 Å². The molecule has 0 aromatic rings. The lowest BCUT2D eigenvalue weighted by atomic mass is 10.4. The van der Waals surface area contributed by atoms with Crippen LogP contribution in [0.1, 0.15) is 19.8 Å². The van der Waals surface area contributed by atoms with Gasteiger partial charge in [0.05, 0.1) is 6.07 Å². The fourth-order valence-electron chi connectivity index (χ4n) is 0.916. The maximum absolute atomic E-state index is 8.34. The molecule has 0 aromatic carbocycles. The number of nitrogens with zero attached hydrogens (tertiary/aromatic N) is 1. The highest BCUT2D eigenvalue weighted by Gasteiger charge is 2.28. The smallest absolute Gasteiger partial charge is 0.335 e. The number of nitriles is 1. The molecule has 0 radical (unpaired) electrons. The molecule has 1 unspecified atom stereocenters. The van der Waals surface area contributed by atoms with E-state index in [0.29, 0.717) is 0 Å². The molecule has 0 spiro atoms. The molecular weight excluding hydrogens is 170 g/mol. The van der Waals surface area contributed by atoms with Crippen molar-refractivity contribution in [2.24, 2.45) is 0 Å². The summed E-state index contributed by atoms with van der Waals surface area (Å²) < 4.78 is 10.7. The first kappa shape index (κ1) is 11.6. The van der Waals surface area contributed by atoms with E-state index in [1.807, 2.05) is 12.6 Å². The van der Waals surface area contributed by atoms with Crippen LogP contribution < -0.4 is 0 Å². The Morgan fingerprint density at radius 1 is 1.50 bits per heavy atom. The lowest BCUT2D eigenvalue weighted by Gasteiger charge is -2.23. The van der Waals surface area contributed by atoms with Gasteiger partial charge in [0.2, 0.25) is 0 Å². The van der Waals surface area contributed by atoms with Crippen molar-refractivity contribution in [1.82, 2.24) is 0 Å². The van der Waals surface area contributed by atoms with Crippen LogP contribution in [0.4, 0.5) is 0 Å². The Morgan fingerprint density at radius 3 is 2.58 bits per heavy atom. The molecule has 70 valence electrons. The highest BCUT2D eigenvalue weighted by molar-refractivity contribution is 6.66. The minimum atomic E-state index is -1.99. The molecule has 0 aliphatic heterocycles. The summed E-state index contributed by atoms with van der Waals surface area (Å²) in [7, 11) is -0.322. The molecule has 0 aliphatic rings. The number of rotatable bonds is 6. The maximum atomic E-state index is 8.34. The molecule has 0 saturated carbocycles. The zero-order valence-electron chi connectivity index (χ0n) is 8.09. The van der Waals surface area contributed by atoms with Crippen molar-refractivity contribution in [3.63, 3.8) is 0 Å². The second-order valence-electron chi connectivity index (χ2n) is 2.89. The van der Waals surface area contributed by atoms with Crippen molar-refractivity contribution in [3.8, 4) is 6.07 Å². The van der Waals surface area contributed by atoms with Crippen molar-refractivity contribution in [3.05, 3.63) is 0 Å². The Kier molecular flexibility index (Phi) is 5.99. The van der Waals surface area contributed by atoms with E-state index in [2.05, 4.69) is 6.92 Å². The van der Waals surface area contributed by atoms with Crippen LogP contribution in [0.2, 0.25) is 12.6 Å². The Morgan fingerprint density at radius 2 is 2.17 bits per heavy atom. The molecular formula is C8H17NO2Si. The summed E-state index contributed by atoms with van der Waals surface area (Å²) in [6.45, 7) is 4.29. The van der Waals surface area contributed by atoms with Crippen LogP contribution >= 0.6 is 0 Å². The molecule has 0 N–H and O–H groups in total. The van der Waals surface area contributed by atoms with Gasteiger partial charge in [0.25, 0.3) is 0 Å². The third-order valence-corrected chi connectivity index (χ3v) is 4.74. The fraction of sp³-hybridized carbons (Fsp3) is 0.875. The number of hydrogen-bond acceptors (Lipinski definition) is 3. The van der Waals surface area contributed by atoms with E-state index in [9.17, 15) is 0 Å². The van der Waals surface area contributed by atoms with Crippen molar-refractivity contribution < 1.29 is 8.85 Å².